The highest BCUT2D eigenvalue weighted by molar-refractivity contribution is 5.94. The summed E-state index contributed by atoms with van der Waals surface area (Å²) in [5.74, 6) is -0.623. The molecule has 1 aliphatic rings. The molecule has 1 saturated heterocycles. The van der Waals surface area contributed by atoms with Gasteiger partial charge in [-0.1, -0.05) is 30.3 Å². The summed E-state index contributed by atoms with van der Waals surface area (Å²) >= 11 is 0. The van der Waals surface area contributed by atoms with Gasteiger partial charge in [-0.05, 0) is 23.8 Å². The molecule has 1 fully saturated rings. The quantitative estimate of drug-likeness (QED) is 0.708. The van der Waals surface area contributed by atoms with Gasteiger partial charge in [-0.25, -0.2) is 4.79 Å². The summed E-state index contributed by atoms with van der Waals surface area (Å²) in [7, 11) is 1.27. The van der Waals surface area contributed by atoms with Crippen LogP contribution in [0.5, 0.6) is 0 Å². The number of aromatic nitrogens is 1. The van der Waals surface area contributed by atoms with Gasteiger partial charge >= 0.3 is 5.97 Å². The van der Waals surface area contributed by atoms with E-state index in [1.165, 1.54) is 18.9 Å². The molecule has 0 bridgehead atoms. The molecule has 0 amide bonds. The Balaban J connectivity index is 1.48. The molecule has 2 aromatic carbocycles. The second-order valence-electron chi connectivity index (χ2n) is 7.00. The van der Waals surface area contributed by atoms with Crippen LogP contribution in [0.15, 0.2) is 59.5 Å². The van der Waals surface area contributed by atoms with Crippen molar-refractivity contribution in [3.05, 3.63) is 76.1 Å². The number of hydrogen-bond donors (Lipinski definition) is 1. The van der Waals surface area contributed by atoms with E-state index in [1.807, 2.05) is 18.2 Å². The minimum atomic E-state index is -0.623. The van der Waals surface area contributed by atoms with E-state index in [2.05, 4.69) is 43.8 Å². The van der Waals surface area contributed by atoms with Gasteiger partial charge in [0.05, 0.1) is 12.6 Å². The highest BCUT2D eigenvalue weighted by Crippen LogP contribution is 2.21. The number of aromatic amines is 1. The first-order valence-electron chi connectivity index (χ1n) is 9.40. The van der Waals surface area contributed by atoms with E-state index in [0.717, 1.165) is 43.9 Å². The molecule has 28 heavy (non-hydrogen) atoms. The Bertz CT molecular complexity index is 1040. The molecule has 6 nitrogen and oxygen atoms in total. The number of hydrogen-bond acceptors (Lipinski definition) is 5. The van der Waals surface area contributed by atoms with Crippen molar-refractivity contribution in [3.63, 3.8) is 0 Å². The smallest absolute Gasteiger partial charge is 0.343 e. The molecule has 4 rings (SSSR count). The van der Waals surface area contributed by atoms with Gasteiger partial charge in [-0.3, -0.25) is 9.69 Å². The van der Waals surface area contributed by atoms with Crippen molar-refractivity contribution < 1.29 is 9.53 Å². The summed E-state index contributed by atoms with van der Waals surface area (Å²) in [6, 6.07) is 16.2. The molecule has 2 heterocycles. The highest BCUT2D eigenvalue weighted by Gasteiger charge is 2.19. The molecule has 0 saturated carbocycles. The number of methoxy groups -OCH3 is 1. The number of nitrogens with zero attached hydrogens (tertiary/aromatic N) is 2. The molecular formula is C22H23N3O3. The average Bonchev–Trinajstić information content (AvgIpc) is 2.74. The van der Waals surface area contributed by atoms with Gasteiger partial charge in [0.1, 0.15) is 5.56 Å². The van der Waals surface area contributed by atoms with E-state index in [0.29, 0.717) is 5.39 Å². The second-order valence-corrected chi connectivity index (χ2v) is 7.00. The molecule has 3 aromatic rings. The third-order valence-electron chi connectivity index (χ3n) is 5.26. The van der Waals surface area contributed by atoms with Crippen LogP contribution in [0.25, 0.3) is 10.9 Å². The minimum absolute atomic E-state index is 0.0253. The summed E-state index contributed by atoms with van der Waals surface area (Å²) < 4.78 is 4.67. The van der Waals surface area contributed by atoms with E-state index in [1.54, 1.807) is 6.07 Å². The average molecular weight is 377 g/mol. The van der Waals surface area contributed by atoms with E-state index in [9.17, 15) is 9.59 Å². The number of pyridine rings is 1. The predicted octanol–water partition coefficient (Wildman–Crippen LogP) is 2.64. The first kappa shape index (κ1) is 18.3. The van der Waals surface area contributed by atoms with Gasteiger partial charge in [-0.15, -0.1) is 0 Å². The molecule has 0 radical (unpaired) electrons. The standard InChI is InChI=1S/C22H23N3O3/c1-28-22(27)19-14-23-20-13-17(7-8-18(20)21(19)26)25-11-9-24(10-12-25)15-16-5-3-2-4-6-16/h2-8,13-14H,9-12,15H2,1H3,(H,23,26). The van der Waals surface area contributed by atoms with Gasteiger partial charge in [0, 0.05) is 50.0 Å². The zero-order valence-electron chi connectivity index (χ0n) is 15.9. The number of esters is 1. The first-order valence-corrected chi connectivity index (χ1v) is 9.40. The van der Waals surface area contributed by atoms with Gasteiger partial charge in [0.2, 0.25) is 5.43 Å². The fourth-order valence-corrected chi connectivity index (χ4v) is 3.67. The van der Waals surface area contributed by atoms with Crippen LogP contribution >= 0.6 is 0 Å². The Morgan fingerprint density at radius 1 is 1.07 bits per heavy atom. The molecule has 0 spiro atoms. The molecular weight excluding hydrogens is 354 g/mol. The number of carbonyl (C=O) groups excluding carboxylic acids is 1. The van der Waals surface area contributed by atoms with Crippen molar-refractivity contribution in [2.75, 3.05) is 38.2 Å². The number of fused-ring (bicyclic) bond motifs is 1. The Kier molecular flexibility index (Phi) is 5.12. The van der Waals surface area contributed by atoms with E-state index >= 15 is 0 Å². The number of H-pyrrole nitrogens is 1. The van der Waals surface area contributed by atoms with Crippen LogP contribution in [0.2, 0.25) is 0 Å². The zero-order valence-corrected chi connectivity index (χ0v) is 15.9. The lowest BCUT2D eigenvalue weighted by molar-refractivity contribution is 0.0599. The first-order chi connectivity index (χ1) is 13.7. The van der Waals surface area contributed by atoms with Crippen LogP contribution in [-0.2, 0) is 11.3 Å². The summed E-state index contributed by atoms with van der Waals surface area (Å²) in [6.45, 7) is 4.82. The molecule has 1 aromatic heterocycles. The summed E-state index contributed by atoms with van der Waals surface area (Å²) in [5.41, 5.74) is 2.85. The van der Waals surface area contributed by atoms with E-state index in [4.69, 9.17) is 0 Å². The lowest BCUT2D eigenvalue weighted by atomic mass is 10.1. The largest absolute Gasteiger partial charge is 0.465 e. The summed E-state index contributed by atoms with van der Waals surface area (Å²) in [6.07, 6.45) is 1.43. The number of benzene rings is 2. The number of carbonyl (C=O) groups is 1. The van der Waals surface area contributed by atoms with Gasteiger partial charge < -0.3 is 14.6 Å². The number of ether oxygens (including phenoxy) is 1. The lowest BCUT2D eigenvalue weighted by Gasteiger charge is -2.36. The zero-order chi connectivity index (χ0) is 19.5. The van der Waals surface area contributed by atoms with Crippen molar-refractivity contribution in [2.45, 2.75) is 6.54 Å². The topological polar surface area (TPSA) is 65.6 Å². The van der Waals surface area contributed by atoms with Crippen LogP contribution < -0.4 is 10.3 Å². The van der Waals surface area contributed by atoms with Crippen molar-refractivity contribution in [3.8, 4) is 0 Å². The molecule has 0 aliphatic carbocycles. The number of rotatable bonds is 4. The molecule has 6 heteroatoms. The fraction of sp³-hybridized carbons (Fsp3) is 0.273. The van der Waals surface area contributed by atoms with Gasteiger partial charge in [0.15, 0.2) is 0 Å². The predicted molar refractivity (Wildman–Crippen MR) is 110 cm³/mol. The SMILES string of the molecule is COC(=O)c1c[nH]c2cc(N3CCN(Cc4ccccc4)CC3)ccc2c1=O. The van der Waals surface area contributed by atoms with Crippen LogP contribution in [0.3, 0.4) is 0 Å². The Morgan fingerprint density at radius 3 is 2.54 bits per heavy atom. The lowest BCUT2D eigenvalue weighted by Crippen LogP contribution is -2.45. The van der Waals surface area contributed by atoms with Crippen molar-refractivity contribution >= 4 is 22.6 Å². The monoisotopic (exact) mass is 377 g/mol. The molecule has 0 atom stereocenters. The molecule has 0 unspecified atom stereocenters. The van der Waals surface area contributed by atoms with Gasteiger partial charge in [0.25, 0.3) is 0 Å². The number of piperazine rings is 1. The normalized spacial score (nSPS) is 15.0. The third-order valence-corrected chi connectivity index (χ3v) is 5.26. The van der Waals surface area contributed by atoms with Crippen LogP contribution in [-0.4, -0.2) is 49.1 Å². The molecule has 1 N–H and O–H groups in total. The molecule has 1 aliphatic heterocycles. The fourth-order valence-electron chi connectivity index (χ4n) is 3.67. The summed E-state index contributed by atoms with van der Waals surface area (Å²) in [5, 5.41) is 0.495. The van der Waals surface area contributed by atoms with Crippen molar-refractivity contribution in [2.24, 2.45) is 0 Å². The van der Waals surface area contributed by atoms with Crippen molar-refractivity contribution in [1.29, 1.82) is 0 Å². The highest BCUT2D eigenvalue weighted by atomic mass is 16.5. The van der Waals surface area contributed by atoms with Crippen molar-refractivity contribution in [1.82, 2.24) is 9.88 Å². The molecule has 144 valence electrons. The Hall–Kier alpha value is -3.12. The maximum absolute atomic E-state index is 12.5. The summed E-state index contributed by atoms with van der Waals surface area (Å²) in [4.78, 5) is 32.0. The van der Waals surface area contributed by atoms with Crippen LogP contribution in [0, 0.1) is 0 Å². The maximum atomic E-state index is 12.5. The number of nitrogens with one attached hydrogen (secondary N) is 1. The van der Waals surface area contributed by atoms with E-state index in [-0.39, 0.29) is 11.0 Å². The van der Waals surface area contributed by atoms with Gasteiger partial charge in [-0.2, -0.15) is 0 Å². The Morgan fingerprint density at radius 2 is 1.82 bits per heavy atom. The second kappa shape index (κ2) is 7.86. The third kappa shape index (κ3) is 3.64. The van der Waals surface area contributed by atoms with E-state index < -0.39 is 5.97 Å². The van der Waals surface area contributed by atoms with Crippen LogP contribution in [0.4, 0.5) is 5.69 Å². The Labute approximate surface area is 163 Å². The van der Waals surface area contributed by atoms with Crippen LogP contribution in [0.1, 0.15) is 15.9 Å². The minimum Gasteiger partial charge on any atom is -0.465 e. The number of anilines is 1. The maximum Gasteiger partial charge on any atom is 0.343 e.